The number of hydrogen-bond donors (Lipinski definition) is 2. The Balaban J connectivity index is 1.54. The molecule has 7 nitrogen and oxygen atoms in total. The molecule has 4 aliphatic carbocycles. The molecule has 0 spiro atoms. The van der Waals surface area contributed by atoms with E-state index in [1.54, 1.807) is 13.0 Å². The second-order valence-corrected chi connectivity index (χ2v) is 12.6. The van der Waals surface area contributed by atoms with Crippen molar-refractivity contribution in [3.8, 4) is 0 Å². The first-order chi connectivity index (χ1) is 17.3. The topological polar surface area (TPSA) is 110 Å². The van der Waals surface area contributed by atoms with E-state index in [-0.39, 0.29) is 29.5 Å². The van der Waals surface area contributed by atoms with Gasteiger partial charge in [0, 0.05) is 30.3 Å². The van der Waals surface area contributed by atoms with Gasteiger partial charge in [-0.1, -0.05) is 25.5 Å². The van der Waals surface area contributed by atoms with Crippen LogP contribution < -0.4 is 0 Å². The molecule has 10 unspecified atom stereocenters. The molecule has 0 aromatic rings. The van der Waals surface area contributed by atoms with Crippen LogP contribution in [-0.4, -0.2) is 51.8 Å². The number of rotatable bonds is 3. The van der Waals surface area contributed by atoms with Crippen molar-refractivity contribution in [2.24, 2.45) is 34.5 Å². The van der Waals surface area contributed by atoms with Gasteiger partial charge in [0.1, 0.15) is 17.8 Å². The van der Waals surface area contributed by atoms with Crippen LogP contribution in [-0.2, 0) is 23.9 Å². The summed E-state index contributed by atoms with van der Waals surface area (Å²) in [7, 11) is 0. The number of hydrogen-bond acceptors (Lipinski definition) is 7. The molecule has 202 valence electrons. The van der Waals surface area contributed by atoms with Gasteiger partial charge in [-0.2, -0.15) is 0 Å². The molecule has 2 saturated carbocycles. The minimum atomic E-state index is -1.41. The van der Waals surface area contributed by atoms with E-state index in [1.165, 1.54) is 13.0 Å². The van der Waals surface area contributed by atoms with E-state index >= 15 is 0 Å². The van der Waals surface area contributed by atoms with E-state index < -0.39 is 46.6 Å². The van der Waals surface area contributed by atoms with Gasteiger partial charge in [0.05, 0.1) is 11.5 Å². The van der Waals surface area contributed by atoms with Crippen molar-refractivity contribution in [3.05, 3.63) is 34.9 Å². The molecular formula is C30H40O7. The third-order valence-electron chi connectivity index (χ3n) is 11.2. The first kappa shape index (κ1) is 26.4. The molecule has 0 radical (unpaired) electrons. The summed E-state index contributed by atoms with van der Waals surface area (Å²) < 4.78 is 11.7. The molecule has 0 aromatic carbocycles. The molecule has 10 atom stereocenters. The Labute approximate surface area is 219 Å². The van der Waals surface area contributed by atoms with Crippen molar-refractivity contribution in [1.82, 2.24) is 0 Å². The number of ketones is 1. The minimum absolute atomic E-state index is 0.00816. The minimum Gasteiger partial charge on any atom is -0.459 e. The Morgan fingerprint density at radius 2 is 1.92 bits per heavy atom. The second kappa shape index (κ2) is 8.63. The molecule has 2 N–H and O–H groups in total. The quantitative estimate of drug-likeness (QED) is 0.437. The molecule has 0 saturated heterocycles. The highest BCUT2D eigenvalue weighted by Gasteiger charge is 2.71. The van der Waals surface area contributed by atoms with E-state index in [0.717, 1.165) is 11.1 Å². The van der Waals surface area contributed by atoms with Crippen LogP contribution in [0.4, 0.5) is 0 Å². The monoisotopic (exact) mass is 512 g/mol. The van der Waals surface area contributed by atoms with E-state index in [4.69, 9.17) is 9.47 Å². The van der Waals surface area contributed by atoms with Crippen molar-refractivity contribution >= 4 is 17.7 Å². The van der Waals surface area contributed by atoms with Crippen molar-refractivity contribution in [2.75, 3.05) is 0 Å². The SMILES string of the molecule is CC(=O)OC1CC2C3CC=C4C(O)C=CC(=O)C4(C)C3CCC2(C)C1(O)C(C)C1CC(C)=C(C)C(=O)O1. The molecule has 2 fully saturated rings. The lowest BCUT2D eigenvalue weighted by Crippen LogP contribution is -2.62. The Hall–Kier alpha value is -2.25. The summed E-state index contributed by atoms with van der Waals surface area (Å²) in [5.74, 6) is -1.16. The predicted molar refractivity (Wildman–Crippen MR) is 136 cm³/mol. The van der Waals surface area contributed by atoms with Gasteiger partial charge in [0.25, 0.3) is 0 Å². The van der Waals surface area contributed by atoms with Crippen LogP contribution in [0.2, 0.25) is 0 Å². The van der Waals surface area contributed by atoms with Crippen LogP contribution >= 0.6 is 0 Å². The number of carbonyl (C=O) groups is 3. The summed E-state index contributed by atoms with van der Waals surface area (Å²) in [6.07, 6.45) is 6.15. The smallest absolute Gasteiger partial charge is 0.333 e. The maximum Gasteiger partial charge on any atom is 0.333 e. The number of esters is 2. The molecule has 5 aliphatic rings. The zero-order chi connectivity index (χ0) is 27.1. The average molecular weight is 513 g/mol. The Bertz CT molecular complexity index is 1130. The third kappa shape index (κ3) is 3.49. The number of ether oxygens (including phenoxy) is 2. The summed E-state index contributed by atoms with van der Waals surface area (Å²) in [4.78, 5) is 38.0. The van der Waals surface area contributed by atoms with Gasteiger partial charge in [0.2, 0.25) is 0 Å². The van der Waals surface area contributed by atoms with Crippen LogP contribution in [0, 0.1) is 34.5 Å². The summed E-state index contributed by atoms with van der Waals surface area (Å²) in [6.45, 7) is 11.0. The normalized spacial score (nSPS) is 45.9. The van der Waals surface area contributed by atoms with Crippen LogP contribution in [0.5, 0.6) is 0 Å². The van der Waals surface area contributed by atoms with Crippen LogP contribution in [0.15, 0.2) is 34.9 Å². The number of allylic oxidation sites excluding steroid dienone is 2. The van der Waals surface area contributed by atoms with Crippen LogP contribution in [0.25, 0.3) is 0 Å². The predicted octanol–water partition coefficient (Wildman–Crippen LogP) is 3.83. The average Bonchev–Trinajstić information content (AvgIpc) is 3.06. The van der Waals surface area contributed by atoms with Gasteiger partial charge in [-0.05, 0) is 81.9 Å². The van der Waals surface area contributed by atoms with Gasteiger partial charge in [-0.15, -0.1) is 0 Å². The molecule has 37 heavy (non-hydrogen) atoms. The van der Waals surface area contributed by atoms with Crippen molar-refractivity contribution < 1.29 is 34.1 Å². The molecular weight excluding hydrogens is 472 g/mol. The van der Waals surface area contributed by atoms with Gasteiger partial charge in [-0.25, -0.2) is 4.79 Å². The van der Waals surface area contributed by atoms with Crippen molar-refractivity contribution in [3.63, 3.8) is 0 Å². The maximum absolute atomic E-state index is 13.3. The van der Waals surface area contributed by atoms with Crippen LogP contribution in [0.1, 0.15) is 73.6 Å². The fraction of sp³-hybridized carbons (Fsp3) is 0.700. The van der Waals surface area contributed by atoms with Gasteiger partial charge < -0.3 is 19.7 Å². The number of aliphatic hydroxyl groups excluding tert-OH is 1. The van der Waals surface area contributed by atoms with E-state index in [0.29, 0.717) is 37.7 Å². The molecule has 0 amide bonds. The Morgan fingerprint density at radius 1 is 1.22 bits per heavy atom. The molecule has 1 aliphatic heterocycles. The summed E-state index contributed by atoms with van der Waals surface area (Å²) in [6, 6.07) is 0. The summed E-state index contributed by atoms with van der Waals surface area (Å²) in [5, 5.41) is 23.3. The fourth-order valence-corrected chi connectivity index (χ4v) is 8.87. The Morgan fingerprint density at radius 3 is 2.57 bits per heavy atom. The fourth-order valence-electron chi connectivity index (χ4n) is 8.87. The Kier molecular flexibility index (Phi) is 6.15. The second-order valence-electron chi connectivity index (χ2n) is 12.6. The van der Waals surface area contributed by atoms with Crippen molar-refractivity contribution in [2.45, 2.75) is 97.6 Å². The number of fused-ring (bicyclic) bond motifs is 5. The van der Waals surface area contributed by atoms with E-state index in [1.807, 2.05) is 26.8 Å². The van der Waals surface area contributed by atoms with Gasteiger partial charge >= 0.3 is 11.9 Å². The number of cyclic esters (lactones) is 1. The molecule has 7 heteroatoms. The summed E-state index contributed by atoms with van der Waals surface area (Å²) in [5.41, 5.74) is -0.461. The third-order valence-corrected chi connectivity index (χ3v) is 11.2. The van der Waals surface area contributed by atoms with Crippen LogP contribution in [0.3, 0.4) is 0 Å². The largest absolute Gasteiger partial charge is 0.459 e. The van der Waals surface area contributed by atoms with Crippen molar-refractivity contribution in [1.29, 1.82) is 0 Å². The van der Waals surface area contributed by atoms with Gasteiger partial charge in [0.15, 0.2) is 5.78 Å². The molecule has 0 bridgehead atoms. The highest BCUT2D eigenvalue weighted by molar-refractivity contribution is 5.99. The lowest BCUT2D eigenvalue weighted by Gasteiger charge is -2.58. The van der Waals surface area contributed by atoms with E-state index in [9.17, 15) is 24.6 Å². The highest BCUT2D eigenvalue weighted by atomic mass is 16.6. The zero-order valence-corrected chi connectivity index (χ0v) is 22.7. The maximum atomic E-state index is 13.3. The number of aliphatic hydroxyl groups is 2. The number of carbonyl (C=O) groups excluding carboxylic acids is 3. The van der Waals surface area contributed by atoms with E-state index in [2.05, 4.69) is 6.92 Å². The first-order valence-corrected chi connectivity index (χ1v) is 13.6. The zero-order valence-electron chi connectivity index (χ0n) is 22.7. The highest BCUT2D eigenvalue weighted by Crippen LogP contribution is 2.68. The lowest BCUT2D eigenvalue weighted by molar-refractivity contribution is -0.213. The first-order valence-electron chi connectivity index (χ1n) is 13.6. The summed E-state index contributed by atoms with van der Waals surface area (Å²) >= 11 is 0. The van der Waals surface area contributed by atoms with Gasteiger partial charge in [-0.3, -0.25) is 9.59 Å². The molecule has 5 rings (SSSR count). The standard InChI is InChI=1S/C30H40O7/c1-15-13-24(37-27(34)16(15)2)17(3)30(35)26(36-18(4)31)14-22-19-7-8-21-23(32)9-10-25(33)29(21,6)20(19)11-12-28(22,30)5/h8-10,17,19-20,22-24,26,32,35H,7,11-14H2,1-6H3. The molecule has 0 aromatic heterocycles. The lowest BCUT2D eigenvalue weighted by atomic mass is 9.46. The molecule has 1 heterocycles.